The number of allylic oxidation sites excluding steroid dienone is 7. The second-order valence-electron chi connectivity index (χ2n) is 10.6. The predicted octanol–water partition coefficient (Wildman–Crippen LogP) is 6.89. The minimum absolute atomic E-state index is 0.0878. The Morgan fingerprint density at radius 1 is 1.22 bits per heavy atom. The summed E-state index contributed by atoms with van der Waals surface area (Å²) in [6, 6.07) is 0. The van der Waals surface area contributed by atoms with E-state index < -0.39 is 0 Å². The van der Waals surface area contributed by atoms with Crippen molar-refractivity contribution < 1.29 is 23.8 Å². The van der Waals surface area contributed by atoms with Gasteiger partial charge in [0.05, 0.1) is 12.7 Å². The molecule has 3 aliphatic rings. The van der Waals surface area contributed by atoms with Gasteiger partial charge in [0.2, 0.25) is 0 Å². The third kappa shape index (κ3) is 9.15. The predicted molar refractivity (Wildman–Crippen MR) is 143 cm³/mol. The van der Waals surface area contributed by atoms with E-state index in [1.54, 1.807) is 0 Å². The van der Waals surface area contributed by atoms with Crippen LogP contribution in [0.25, 0.3) is 0 Å². The van der Waals surface area contributed by atoms with Crippen molar-refractivity contribution in [3.8, 4) is 0 Å². The topological polar surface area (TPSA) is 61.8 Å². The van der Waals surface area contributed by atoms with E-state index in [-0.39, 0.29) is 30.1 Å². The average molecular weight is 499 g/mol. The van der Waals surface area contributed by atoms with Crippen molar-refractivity contribution in [2.75, 3.05) is 13.2 Å². The lowest BCUT2D eigenvalue weighted by atomic mass is 9.88. The minimum Gasteiger partial charge on any atom is -0.466 e. The quantitative estimate of drug-likeness (QED) is 0.148. The Hall–Kier alpha value is -1.98. The number of carbonyl (C=O) groups excluding carboxylic acids is 2. The number of ether oxygens (including phenoxy) is 3. The van der Waals surface area contributed by atoms with Crippen molar-refractivity contribution in [1.29, 1.82) is 0 Å². The van der Waals surface area contributed by atoms with Gasteiger partial charge in [0.1, 0.15) is 0 Å². The molecule has 1 heterocycles. The van der Waals surface area contributed by atoms with Crippen LogP contribution in [-0.2, 0) is 23.8 Å². The van der Waals surface area contributed by atoms with Crippen LogP contribution >= 0.6 is 0 Å². The highest BCUT2D eigenvalue weighted by Crippen LogP contribution is 2.49. The zero-order valence-corrected chi connectivity index (χ0v) is 22.5. The lowest BCUT2D eigenvalue weighted by molar-refractivity contribution is -0.192. The zero-order chi connectivity index (χ0) is 25.8. The molecule has 0 radical (unpaired) electrons. The van der Waals surface area contributed by atoms with Crippen LogP contribution in [0.4, 0.5) is 0 Å². The number of rotatable bonds is 14. The van der Waals surface area contributed by atoms with E-state index in [2.05, 4.69) is 43.4 Å². The fraction of sp³-hybridized carbons (Fsp3) is 0.677. The van der Waals surface area contributed by atoms with Crippen molar-refractivity contribution >= 4 is 11.8 Å². The van der Waals surface area contributed by atoms with Gasteiger partial charge in [-0.3, -0.25) is 9.59 Å². The molecule has 0 bridgehead atoms. The maximum atomic E-state index is 12.7. The Labute approximate surface area is 218 Å². The molecule has 3 rings (SSSR count). The maximum absolute atomic E-state index is 12.7. The van der Waals surface area contributed by atoms with Crippen LogP contribution < -0.4 is 0 Å². The standard InChI is InChI=1S/C31H46O5/c1-4-6-7-12-23(3)19-26(32)16-17-27-28-21-24(13-8-9-14-30(33)34-5-2)20-25(28)22-29(27)36-31-15-10-11-18-35-31/h4,6,8,13,16-17,20,23,25,27-29,31H,5,7,9-12,14-15,18-19,21-22H2,1-3H3/t23-,25+,27+,28+,29-,31?/m1/s1. The maximum Gasteiger partial charge on any atom is 0.306 e. The molecule has 0 aromatic heterocycles. The highest BCUT2D eigenvalue weighted by atomic mass is 16.7. The fourth-order valence-electron chi connectivity index (χ4n) is 5.75. The van der Waals surface area contributed by atoms with E-state index in [4.69, 9.17) is 14.2 Å². The molecule has 1 aliphatic heterocycles. The van der Waals surface area contributed by atoms with E-state index in [0.717, 1.165) is 51.6 Å². The Bertz CT molecular complexity index is 817. The average Bonchev–Trinajstić information content (AvgIpc) is 3.38. The molecule has 1 saturated carbocycles. The van der Waals surface area contributed by atoms with Crippen LogP contribution in [0.2, 0.25) is 0 Å². The molecule has 36 heavy (non-hydrogen) atoms. The van der Waals surface area contributed by atoms with Gasteiger partial charge in [0.15, 0.2) is 12.1 Å². The summed E-state index contributed by atoms with van der Waals surface area (Å²) in [6.07, 6.45) is 23.7. The van der Waals surface area contributed by atoms with Gasteiger partial charge < -0.3 is 14.2 Å². The van der Waals surface area contributed by atoms with Crippen molar-refractivity contribution in [2.24, 2.45) is 23.7 Å². The molecule has 0 amide bonds. The summed E-state index contributed by atoms with van der Waals surface area (Å²) >= 11 is 0. The smallest absolute Gasteiger partial charge is 0.306 e. The van der Waals surface area contributed by atoms with Crippen LogP contribution in [0.5, 0.6) is 0 Å². The first kappa shape index (κ1) is 28.6. The highest BCUT2D eigenvalue weighted by Gasteiger charge is 2.45. The Kier molecular flexibility index (Phi) is 12.2. The molecule has 1 unspecified atom stereocenters. The molecule has 2 fully saturated rings. The fourth-order valence-corrected chi connectivity index (χ4v) is 5.75. The molecule has 0 aromatic rings. The van der Waals surface area contributed by atoms with Crippen molar-refractivity contribution in [3.63, 3.8) is 0 Å². The third-order valence-corrected chi connectivity index (χ3v) is 7.61. The van der Waals surface area contributed by atoms with Gasteiger partial charge in [-0.05, 0) is 89.0 Å². The van der Waals surface area contributed by atoms with E-state index in [0.29, 0.717) is 43.6 Å². The van der Waals surface area contributed by atoms with E-state index in [1.807, 2.05) is 19.9 Å². The van der Waals surface area contributed by atoms with Crippen molar-refractivity contribution in [3.05, 3.63) is 48.1 Å². The molecular weight excluding hydrogens is 452 g/mol. The van der Waals surface area contributed by atoms with Crippen molar-refractivity contribution in [1.82, 2.24) is 0 Å². The van der Waals surface area contributed by atoms with Crippen LogP contribution in [0.15, 0.2) is 48.1 Å². The van der Waals surface area contributed by atoms with E-state index in [9.17, 15) is 9.59 Å². The van der Waals surface area contributed by atoms with Crippen LogP contribution in [-0.4, -0.2) is 37.4 Å². The third-order valence-electron chi connectivity index (χ3n) is 7.61. The molecule has 200 valence electrons. The SMILES string of the molecule is CC=CCC[C@@H](C)CC(=O)C=C[C@H]1[C@H]2CC(C=CCCC(=O)OCC)=C[C@H]2C[C@H]1OC1CCCCO1. The molecular formula is C31H46O5. The normalized spacial score (nSPS) is 29.2. The first-order chi connectivity index (χ1) is 17.5. The van der Waals surface area contributed by atoms with Gasteiger partial charge in [0.25, 0.3) is 0 Å². The number of carbonyl (C=O) groups is 2. The second kappa shape index (κ2) is 15.3. The number of esters is 1. The molecule has 0 spiro atoms. The summed E-state index contributed by atoms with van der Waals surface area (Å²) in [6.45, 7) is 7.23. The minimum atomic E-state index is -0.143. The first-order valence-electron chi connectivity index (χ1n) is 14.1. The van der Waals surface area contributed by atoms with E-state index >= 15 is 0 Å². The largest absolute Gasteiger partial charge is 0.466 e. The van der Waals surface area contributed by atoms with Gasteiger partial charge in [-0.15, -0.1) is 0 Å². The van der Waals surface area contributed by atoms with Crippen LogP contribution in [0.3, 0.4) is 0 Å². The lowest BCUT2D eigenvalue weighted by Gasteiger charge is -2.29. The molecule has 6 atom stereocenters. The molecule has 0 N–H and O–H groups in total. The second-order valence-corrected chi connectivity index (χ2v) is 10.6. The lowest BCUT2D eigenvalue weighted by Crippen LogP contribution is -2.30. The van der Waals surface area contributed by atoms with Gasteiger partial charge >= 0.3 is 5.97 Å². The summed E-state index contributed by atoms with van der Waals surface area (Å²) in [5.74, 6) is 1.56. The Morgan fingerprint density at radius 2 is 2.08 bits per heavy atom. The highest BCUT2D eigenvalue weighted by molar-refractivity contribution is 5.89. The number of ketones is 1. The summed E-state index contributed by atoms with van der Waals surface area (Å²) < 4.78 is 17.4. The summed E-state index contributed by atoms with van der Waals surface area (Å²) in [5.41, 5.74) is 1.32. The van der Waals surface area contributed by atoms with E-state index in [1.165, 1.54) is 5.57 Å². The van der Waals surface area contributed by atoms with Crippen LogP contribution in [0, 0.1) is 23.7 Å². The van der Waals surface area contributed by atoms with Gasteiger partial charge in [-0.25, -0.2) is 0 Å². The summed E-state index contributed by atoms with van der Waals surface area (Å²) in [5, 5.41) is 0. The zero-order valence-electron chi connectivity index (χ0n) is 22.5. The number of hydrogen-bond donors (Lipinski definition) is 0. The van der Waals surface area contributed by atoms with Crippen molar-refractivity contribution in [2.45, 2.75) is 97.4 Å². The van der Waals surface area contributed by atoms with Gasteiger partial charge in [-0.2, -0.15) is 0 Å². The Morgan fingerprint density at radius 3 is 2.83 bits per heavy atom. The molecule has 1 saturated heterocycles. The van der Waals surface area contributed by atoms with Gasteiger partial charge in [-0.1, -0.05) is 49.0 Å². The number of hydrogen-bond acceptors (Lipinski definition) is 5. The molecule has 2 aliphatic carbocycles. The summed E-state index contributed by atoms with van der Waals surface area (Å²) in [4.78, 5) is 24.3. The Balaban J connectivity index is 1.59. The molecule has 5 heteroatoms. The van der Waals surface area contributed by atoms with Gasteiger partial charge in [0, 0.05) is 25.4 Å². The molecule has 0 aromatic carbocycles. The van der Waals surface area contributed by atoms with Crippen LogP contribution in [0.1, 0.15) is 85.0 Å². The molecule has 5 nitrogen and oxygen atoms in total. The number of fused-ring (bicyclic) bond motifs is 1. The monoisotopic (exact) mass is 498 g/mol. The first-order valence-corrected chi connectivity index (χ1v) is 14.1. The summed E-state index contributed by atoms with van der Waals surface area (Å²) in [7, 11) is 0.